The molecule has 0 saturated carbocycles. The summed E-state index contributed by atoms with van der Waals surface area (Å²) in [6, 6.07) is 14.6. The number of hydrogen-bond donors (Lipinski definition) is 1. The number of nitrogens with zero attached hydrogens (tertiary/aromatic N) is 1. The van der Waals surface area contributed by atoms with Crippen LogP contribution in [0.25, 0.3) is 5.70 Å². The second-order valence-corrected chi connectivity index (χ2v) is 6.48. The van der Waals surface area contributed by atoms with Crippen LogP contribution >= 0.6 is 11.6 Å². The topological polar surface area (TPSA) is 49.4 Å². The zero-order chi connectivity index (χ0) is 18.0. The van der Waals surface area contributed by atoms with Crippen molar-refractivity contribution in [2.75, 3.05) is 6.54 Å². The molecule has 1 heterocycles. The molecule has 0 saturated heterocycles. The predicted octanol–water partition coefficient (Wildman–Crippen LogP) is 4.03. The first-order chi connectivity index (χ1) is 12.0. The molecule has 3 rings (SSSR count). The Balaban J connectivity index is 1.57. The van der Waals surface area contributed by atoms with E-state index in [1.807, 2.05) is 37.3 Å². The standard InChI is InChI=1S/C20H19ClN2O2/c1-13(15-7-9-16(21)10-8-15)22-19(24)11-12-23-14(2)17-5-3-4-6-18(17)20(23)25/h3-10,13H,2,11-12H2,1H3,(H,22,24). The summed E-state index contributed by atoms with van der Waals surface area (Å²) in [4.78, 5) is 26.2. The van der Waals surface area contributed by atoms with Crippen molar-refractivity contribution in [1.82, 2.24) is 10.2 Å². The molecule has 1 atom stereocenters. The smallest absolute Gasteiger partial charge is 0.258 e. The molecular weight excluding hydrogens is 336 g/mol. The van der Waals surface area contributed by atoms with Crippen molar-refractivity contribution >= 4 is 29.1 Å². The molecule has 4 nitrogen and oxygen atoms in total. The molecule has 0 aromatic heterocycles. The van der Waals surface area contributed by atoms with Crippen molar-refractivity contribution in [3.63, 3.8) is 0 Å². The third-order valence-corrected chi connectivity index (χ3v) is 4.60. The maximum absolute atomic E-state index is 12.4. The first-order valence-electron chi connectivity index (χ1n) is 8.12. The summed E-state index contributed by atoms with van der Waals surface area (Å²) in [7, 11) is 0. The van der Waals surface area contributed by atoms with Gasteiger partial charge in [0.2, 0.25) is 5.91 Å². The van der Waals surface area contributed by atoms with Crippen molar-refractivity contribution in [2.24, 2.45) is 0 Å². The van der Waals surface area contributed by atoms with E-state index in [1.54, 1.807) is 23.1 Å². The van der Waals surface area contributed by atoms with Gasteiger partial charge < -0.3 is 10.2 Å². The summed E-state index contributed by atoms with van der Waals surface area (Å²) < 4.78 is 0. The van der Waals surface area contributed by atoms with Gasteiger partial charge in [-0.3, -0.25) is 9.59 Å². The molecule has 1 aliphatic heterocycles. The lowest BCUT2D eigenvalue weighted by atomic mass is 10.1. The first kappa shape index (κ1) is 17.2. The Bertz CT molecular complexity index is 795. The van der Waals surface area contributed by atoms with Crippen LogP contribution in [0.4, 0.5) is 0 Å². The highest BCUT2D eigenvalue weighted by atomic mass is 35.5. The molecule has 1 unspecified atom stereocenters. The van der Waals surface area contributed by atoms with E-state index in [4.69, 9.17) is 11.6 Å². The highest BCUT2D eigenvalue weighted by Crippen LogP contribution is 2.31. The molecule has 0 radical (unpaired) electrons. The van der Waals surface area contributed by atoms with Crippen LogP contribution in [0.15, 0.2) is 55.1 Å². The average Bonchev–Trinajstić information content (AvgIpc) is 2.85. The van der Waals surface area contributed by atoms with Gasteiger partial charge in [0.1, 0.15) is 0 Å². The van der Waals surface area contributed by atoms with Gasteiger partial charge in [0.25, 0.3) is 5.91 Å². The number of hydrogen-bond acceptors (Lipinski definition) is 2. The van der Waals surface area contributed by atoms with Crippen LogP contribution in [0.2, 0.25) is 5.02 Å². The van der Waals surface area contributed by atoms with Crippen LogP contribution < -0.4 is 5.32 Å². The van der Waals surface area contributed by atoms with E-state index < -0.39 is 0 Å². The maximum Gasteiger partial charge on any atom is 0.258 e. The van der Waals surface area contributed by atoms with Crippen molar-refractivity contribution in [3.8, 4) is 0 Å². The lowest BCUT2D eigenvalue weighted by molar-refractivity contribution is -0.121. The van der Waals surface area contributed by atoms with E-state index in [0.717, 1.165) is 11.1 Å². The zero-order valence-corrected chi connectivity index (χ0v) is 14.7. The van der Waals surface area contributed by atoms with Gasteiger partial charge in [-0.15, -0.1) is 0 Å². The fraction of sp³-hybridized carbons (Fsp3) is 0.200. The third-order valence-electron chi connectivity index (χ3n) is 4.35. The summed E-state index contributed by atoms with van der Waals surface area (Å²) in [5, 5.41) is 3.60. The normalized spacial score (nSPS) is 14.4. The number of carbonyl (C=O) groups excluding carboxylic acids is 2. The number of rotatable bonds is 5. The van der Waals surface area contributed by atoms with Crippen LogP contribution in [-0.4, -0.2) is 23.3 Å². The Morgan fingerprint density at radius 2 is 1.80 bits per heavy atom. The second kappa shape index (κ2) is 7.11. The summed E-state index contributed by atoms with van der Waals surface area (Å²) >= 11 is 5.88. The van der Waals surface area contributed by atoms with Crippen molar-refractivity contribution in [2.45, 2.75) is 19.4 Å². The minimum Gasteiger partial charge on any atom is -0.350 e. The van der Waals surface area contributed by atoms with Gasteiger partial charge in [-0.25, -0.2) is 0 Å². The van der Waals surface area contributed by atoms with E-state index in [1.165, 1.54) is 0 Å². The summed E-state index contributed by atoms with van der Waals surface area (Å²) in [5.41, 5.74) is 3.11. The van der Waals surface area contributed by atoms with Crippen LogP contribution in [0.3, 0.4) is 0 Å². The van der Waals surface area contributed by atoms with Crippen LogP contribution in [0.1, 0.15) is 40.9 Å². The van der Waals surface area contributed by atoms with Gasteiger partial charge in [0.05, 0.1) is 6.04 Å². The Kier molecular flexibility index (Phi) is 4.91. The van der Waals surface area contributed by atoms with Gasteiger partial charge >= 0.3 is 0 Å². The second-order valence-electron chi connectivity index (χ2n) is 6.04. The van der Waals surface area contributed by atoms with Gasteiger partial charge in [-0.2, -0.15) is 0 Å². The Labute approximate surface area is 152 Å². The van der Waals surface area contributed by atoms with Crippen LogP contribution in [0, 0.1) is 0 Å². The minimum absolute atomic E-state index is 0.0980. The molecule has 0 fully saturated rings. The Hall–Kier alpha value is -2.59. The average molecular weight is 355 g/mol. The summed E-state index contributed by atoms with van der Waals surface area (Å²) in [6.07, 6.45) is 0.219. The quantitative estimate of drug-likeness (QED) is 0.881. The predicted molar refractivity (Wildman–Crippen MR) is 99.1 cm³/mol. The number of benzene rings is 2. The van der Waals surface area contributed by atoms with Crippen molar-refractivity contribution < 1.29 is 9.59 Å². The van der Waals surface area contributed by atoms with E-state index in [0.29, 0.717) is 22.8 Å². The fourth-order valence-electron chi connectivity index (χ4n) is 2.93. The van der Waals surface area contributed by atoms with Gasteiger partial charge in [-0.05, 0) is 30.7 Å². The Morgan fingerprint density at radius 3 is 2.44 bits per heavy atom. The van der Waals surface area contributed by atoms with E-state index in [-0.39, 0.29) is 24.3 Å². The van der Waals surface area contributed by atoms with Gasteiger partial charge in [0, 0.05) is 34.8 Å². The molecule has 2 amide bonds. The third kappa shape index (κ3) is 3.59. The largest absolute Gasteiger partial charge is 0.350 e. The number of halogens is 1. The van der Waals surface area contributed by atoms with Gasteiger partial charge in [0.15, 0.2) is 0 Å². The van der Waals surface area contributed by atoms with E-state index >= 15 is 0 Å². The number of fused-ring (bicyclic) bond motifs is 1. The van der Waals surface area contributed by atoms with Crippen LogP contribution in [0.5, 0.6) is 0 Å². The van der Waals surface area contributed by atoms with Gasteiger partial charge in [-0.1, -0.05) is 48.5 Å². The van der Waals surface area contributed by atoms with Crippen molar-refractivity contribution in [3.05, 3.63) is 76.8 Å². The first-order valence-corrected chi connectivity index (χ1v) is 8.50. The highest BCUT2D eigenvalue weighted by Gasteiger charge is 2.30. The SMILES string of the molecule is C=C1c2ccccc2C(=O)N1CCC(=O)NC(C)c1ccc(Cl)cc1. The Morgan fingerprint density at radius 1 is 1.16 bits per heavy atom. The molecule has 5 heteroatoms. The highest BCUT2D eigenvalue weighted by molar-refractivity contribution is 6.30. The maximum atomic E-state index is 12.4. The van der Waals surface area contributed by atoms with Crippen molar-refractivity contribution in [1.29, 1.82) is 0 Å². The molecular formula is C20H19ClN2O2. The van der Waals surface area contributed by atoms with E-state index in [9.17, 15) is 9.59 Å². The van der Waals surface area contributed by atoms with E-state index in [2.05, 4.69) is 11.9 Å². The number of nitrogens with one attached hydrogen (secondary N) is 1. The molecule has 25 heavy (non-hydrogen) atoms. The number of carbonyl (C=O) groups is 2. The monoisotopic (exact) mass is 354 g/mol. The molecule has 1 N–H and O–H groups in total. The molecule has 128 valence electrons. The lowest BCUT2D eigenvalue weighted by Gasteiger charge is -2.19. The minimum atomic E-state index is -0.126. The molecule has 2 aromatic rings. The molecule has 1 aliphatic rings. The molecule has 0 bridgehead atoms. The van der Waals surface area contributed by atoms with Crippen LogP contribution in [-0.2, 0) is 4.79 Å². The lowest BCUT2D eigenvalue weighted by Crippen LogP contribution is -2.32. The number of amides is 2. The fourth-order valence-corrected chi connectivity index (χ4v) is 3.06. The molecule has 0 aliphatic carbocycles. The molecule has 0 spiro atoms. The molecule has 2 aromatic carbocycles. The summed E-state index contributed by atoms with van der Waals surface area (Å²) in [6.45, 7) is 6.21. The zero-order valence-electron chi connectivity index (χ0n) is 14.0. The summed E-state index contributed by atoms with van der Waals surface area (Å²) in [5.74, 6) is -0.210.